The first-order valence-electron chi connectivity index (χ1n) is 9.53. The average molecular weight is 343 g/mol. The summed E-state index contributed by atoms with van der Waals surface area (Å²) in [5.74, 6) is 1.94. The fourth-order valence-corrected chi connectivity index (χ4v) is 4.86. The third-order valence-corrected chi connectivity index (χ3v) is 6.48. The minimum atomic E-state index is 0.765. The molecule has 2 bridgehead atoms. The first-order valence-corrected chi connectivity index (χ1v) is 9.94. The molecule has 4 aliphatic rings. The molecular weight excluding hydrogens is 308 g/mol. The highest BCUT2D eigenvalue weighted by molar-refractivity contribution is 7.80. The third-order valence-electron chi connectivity index (χ3n) is 6.19. The molecule has 4 aliphatic heterocycles. The number of piperidine rings is 3. The zero-order chi connectivity index (χ0) is 16.1. The Morgan fingerprint density at radius 1 is 1.22 bits per heavy atom. The van der Waals surface area contributed by atoms with E-state index in [0.29, 0.717) is 0 Å². The molecule has 4 N–H and O–H groups in total. The highest BCUT2D eigenvalue weighted by Gasteiger charge is 2.42. The van der Waals surface area contributed by atoms with E-state index in [1.165, 1.54) is 32.4 Å². The highest BCUT2D eigenvalue weighted by Crippen LogP contribution is 2.28. The number of fused-ring (bicyclic) bond motifs is 3. The fraction of sp³-hybridized carbons (Fsp3) is 0.941. The Labute approximate surface area is 146 Å². The van der Waals surface area contributed by atoms with Gasteiger partial charge in [0.05, 0.1) is 45.9 Å². The van der Waals surface area contributed by atoms with Crippen molar-refractivity contribution in [2.45, 2.75) is 32.2 Å². The lowest BCUT2D eigenvalue weighted by Gasteiger charge is -2.46. The summed E-state index contributed by atoms with van der Waals surface area (Å²) in [5, 5.41) is 7.70. The summed E-state index contributed by atoms with van der Waals surface area (Å²) in [6, 6.07) is 0.765. The molecule has 0 aromatic carbocycles. The van der Waals surface area contributed by atoms with Crippen molar-refractivity contribution in [2.75, 3.05) is 59.0 Å². The number of rotatable bonds is 6. The second-order valence-electron chi connectivity index (χ2n) is 7.51. The van der Waals surface area contributed by atoms with Gasteiger partial charge in [-0.3, -0.25) is 0 Å². The summed E-state index contributed by atoms with van der Waals surface area (Å²) in [5.41, 5.74) is 0. The highest BCUT2D eigenvalue weighted by atomic mass is 32.1. The molecule has 0 spiro atoms. The Bertz CT molecular complexity index is 389. The predicted octanol–water partition coefficient (Wildman–Crippen LogP) is -1.93. The molecule has 1 unspecified atom stereocenters. The summed E-state index contributed by atoms with van der Waals surface area (Å²) >= 11 is 5.46. The van der Waals surface area contributed by atoms with Crippen molar-refractivity contribution >= 4 is 17.3 Å². The molecule has 0 saturated carbocycles. The van der Waals surface area contributed by atoms with Crippen molar-refractivity contribution in [3.05, 3.63) is 0 Å². The zero-order valence-electron chi connectivity index (χ0n) is 14.5. The summed E-state index contributed by atoms with van der Waals surface area (Å²) < 4.78 is 5.39. The molecule has 0 aromatic rings. The van der Waals surface area contributed by atoms with Crippen molar-refractivity contribution in [3.8, 4) is 0 Å². The van der Waals surface area contributed by atoms with E-state index in [0.717, 1.165) is 68.9 Å². The summed E-state index contributed by atoms with van der Waals surface area (Å²) in [7, 11) is 0. The van der Waals surface area contributed by atoms with Gasteiger partial charge in [-0.15, -0.1) is 0 Å². The van der Waals surface area contributed by atoms with Gasteiger partial charge in [0.25, 0.3) is 0 Å². The van der Waals surface area contributed by atoms with E-state index < -0.39 is 0 Å². The Morgan fingerprint density at radius 2 is 2.04 bits per heavy atom. The molecule has 4 atom stereocenters. The van der Waals surface area contributed by atoms with Crippen LogP contribution in [0.4, 0.5) is 0 Å². The van der Waals surface area contributed by atoms with E-state index in [2.05, 4.69) is 17.6 Å². The van der Waals surface area contributed by atoms with Crippen LogP contribution in [0.2, 0.25) is 0 Å². The number of ether oxygens (including phenoxy) is 1. The van der Waals surface area contributed by atoms with Gasteiger partial charge in [0.1, 0.15) is 19.1 Å². The van der Waals surface area contributed by atoms with E-state index in [1.807, 2.05) is 4.90 Å². The molecule has 0 aromatic heterocycles. The molecule has 0 amide bonds. The lowest BCUT2D eigenvalue weighted by atomic mass is 9.74. The molecule has 4 saturated heterocycles. The van der Waals surface area contributed by atoms with Gasteiger partial charge in [-0.25, -0.2) is 0 Å². The number of quaternary nitrogens is 2. The van der Waals surface area contributed by atoms with Crippen LogP contribution >= 0.6 is 12.2 Å². The van der Waals surface area contributed by atoms with Crippen molar-refractivity contribution in [1.82, 2.24) is 10.6 Å². The maximum Gasteiger partial charge on any atom is 0.166 e. The SMILES string of the molecule is CC[C@H]1C[NH+]2CC[C@@H]1C[C@@H]2CNC(=S)NCC[NH+]1CCOCC1. The molecule has 132 valence electrons. The molecule has 6 heteroatoms. The van der Waals surface area contributed by atoms with Gasteiger partial charge in [0.2, 0.25) is 0 Å². The van der Waals surface area contributed by atoms with Crippen molar-refractivity contribution < 1.29 is 14.5 Å². The molecule has 4 fully saturated rings. The van der Waals surface area contributed by atoms with Crippen LogP contribution in [0.3, 0.4) is 0 Å². The van der Waals surface area contributed by atoms with Crippen LogP contribution in [0, 0.1) is 11.8 Å². The minimum absolute atomic E-state index is 0.765. The van der Waals surface area contributed by atoms with Crippen LogP contribution in [-0.4, -0.2) is 70.2 Å². The Hall–Kier alpha value is -0.430. The lowest BCUT2D eigenvalue weighted by molar-refractivity contribution is -0.945. The lowest BCUT2D eigenvalue weighted by Crippen LogP contribution is -3.20. The van der Waals surface area contributed by atoms with Crippen LogP contribution in [-0.2, 0) is 4.74 Å². The van der Waals surface area contributed by atoms with E-state index in [1.54, 1.807) is 4.90 Å². The number of nitrogens with one attached hydrogen (secondary N) is 4. The third kappa shape index (κ3) is 4.78. The van der Waals surface area contributed by atoms with Gasteiger partial charge in [-0.05, 0) is 24.6 Å². The molecule has 23 heavy (non-hydrogen) atoms. The zero-order valence-corrected chi connectivity index (χ0v) is 15.4. The van der Waals surface area contributed by atoms with E-state index in [9.17, 15) is 0 Å². The van der Waals surface area contributed by atoms with Crippen LogP contribution in [0.25, 0.3) is 0 Å². The summed E-state index contributed by atoms with van der Waals surface area (Å²) in [6.07, 6.45) is 4.19. The molecule has 0 aliphatic carbocycles. The van der Waals surface area contributed by atoms with Crippen LogP contribution in [0.15, 0.2) is 0 Å². The van der Waals surface area contributed by atoms with Crippen LogP contribution in [0.5, 0.6) is 0 Å². The number of thiocarbonyl (C=S) groups is 1. The summed E-state index contributed by atoms with van der Waals surface area (Å²) in [6.45, 7) is 12.3. The molecular formula is C17H34N4OS+2. The topological polar surface area (TPSA) is 42.2 Å². The Balaban J connectivity index is 1.30. The normalized spacial score (nSPS) is 34.3. The second-order valence-corrected chi connectivity index (χ2v) is 7.92. The van der Waals surface area contributed by atoms with E-state index in [-0.39, 0.29) is 0 Å². The smallest absolute Gasteiger partial charge is 0.166 e. The Morgan fingerprint density at radius 3 is 2.74 bits per heavy atom. The monoisotopic (exact) mass is 342 g/mol. The number of hydrogen-bond donors (Lipinski definition) is 4. The number of morpholine rings is 1. The largest absolute Gasteiger partial charge is 0.370 e. The van der Waals surface area contributed by atoms with E-state index in [4.69, 9.17) is 17.0 Å². The quantitative estimate of drug-likeness (QED) is 0.425. The van der Waals surface area contributed by atoms with Crippen molar-refractivity contribution in [2.24, 2.45) is 11.8 Å². The fourth-order valence-electron chi connectivity index (χ4n) is 4.67. The standard InChI is InChI=1S/C17H32N4OS/c1-2-14-13-21-5-3-15(14)11-16(21)12-19-17(23)18-4-6-20-7-9-22-10-8-20/h14-16H,2-13H2,1H3,(H2,18,19,23)/p+2/t14-,15+,16+/m0/s1. The maximum atomic E-state index is 5.46. The van der Waals surface area contributed by atoms with Gasteiger partial charge in [0.15, 0.2) is 5.11 Å². The average Bonchev–Trinajstić information content (AvgIpc) is 2.61. The van der Waals surface area contributed by atoms with Crippen LogP contribution < -0.4 is 20.4 Å². The summed E-state index contributed by atoms with van der Waals surface area (Å²) in [4.78, 5) is 3.43. The second kappa shape index (κ2) is 8.60. The molecule has 5 nitrogen and oxygen atoms in total. The van der Waals surface area contributed by atoms with Gasteiger partial charge in [0, 0.05) is 18.8 Å². The van der Waals surface area contributed by atoms with Gasteiger partial charge < -0.3 is 25.2 Å². The van der Waals surface area contributed by atoms with Gasteiger partial charge in [-0.2, -0.15) is 0 Å². The van der Waals surface area contributed by atoms with E-state index >= 15 is 0 Å². The minimum Gasteiger partial charge on any atom is -0.370 e. The number of hydrogen-bond acceptors (Lipinski definition) is 2. The molecule has 4 heterocycles. The first-order chi connectivity index (χ1) is 11.3. The van der Waals surface area contributed by atoms with Crippen LogP contribution in [0.1, 0.15) is 26.2 Å². The molecule has 4 rings (SSSR count). The first kappa shape index (κ1) is 17.4. The van der Waals surface area contributed by atoms with Gasteiger partial charge >= 0.3 is 0 Å². The van der Waals surface area contributed by atoms with Gasteiger partial charge in [-0.1, -0.05) is 6.92 Å². The van der Waals surface area contributed by atoms with Crippen molar-refractivity contribution in [3.63, 3.8) is 0 Å². The molecule has 0 radical (unpaired) electrons. The maximum absolute atomic E-state index is 5.46. The Kier molecular flexibility index (Phi) is 6.51. The van der Waals surface area contributed by atoms with Crippen molar-refractivity contribution in [1.29, 1.82) is 0 Å². The predicted molar refractivity (Wildman–Crippen MR) is 96.0 cm³/mol.